The molecule has 0 aliphatic heterocycles. The van der Waals surface area contributed by atoms with E-state index in [1.165, 1.54) is 24.6 Å². The Kier molecular flexibility index (Phi) is 7.54. The molecule has 1 fully saturated rings. The molecule has 0 bridgehead atoms. The Labute approximate surface area is 174 Å². The molecule has 1 aliphatic rings. The van der Waals surface area contributed by atoms with Crippen molar-refractivity contribution in [1.29, 1.82) is 0 Å². The molecule has 0 radical (unpaired) electrons. The monoisotopic (exact) mass is 423 g/mol. The van der Waals surface area contributed by atoms with Crippen LogP contribution in [0.1, 0.15) is 49.5 Å². The summed E-state index contributed by atoms with van der Waals surface area (Å²) in [5.41, 5.74) is 0.994. The van der Waals surface area contributed by atoms with Crippen molar-refractivity contribution in [3.05, 3.63) is 20.8 Å². The summed E-state index contributed by atoms with van der Waals surface area (Å²) in [6, 6.07) is 0.305. The molecule has 2 aromatic heterocycles. The van der Waals surface area contributed by atoms with Crippen LogP contribution < -0.4 is 10.9 Å². The summed E-state index contributed by atoms with van der Waals surface area (Å²) in [4.78, 5) is 32.1. The zero-order chi connectivity index (χ0) is 20.1. The Morgan fingerprint density at radius 2 is 2.11 bits per heavy atom. The van der Waals surface area contributed by atoms with Crippen molar-refractivity contribution in [3.63, 3.8) is 0 Å². The van der Waals surface area contributed by atoms with Crippen molar-refractivity contribution in [2.45, 2.75) is 70.6 Å². The predicted octanol–water partition coefficient (Wildman–Crippen LogP) is 3.65. The standard InChI is InChI=1S/C20H29N3O3S2/c1-4-26-11-7-10-23-19(25)17-13(2)14(3)28-18(17)22-20(23)27-12-16(24)21-15-8-5-6-9-15/h15H,4-12H2,1-3H3,(H,21,24). The average molecular weight is 424 g/mol. The fraction of sp³-hybridized carbons (Fsp3) is 0.650. The molecule has 6 nitrogen and oxygen atoms in total. The lowest BCUT2D eigenvalue weighted by atomic mass is 10.2. The van der Waals surface area contributed by atoms with Gasteiger partial charge in [0.25, 0.3) is 5.56 Å². The molecule has 1 aliphatic carbocycles. The number of hydrogen-bond acceptors (Lipinski definition) is 6. The Hall–Kier alpha value is -1.38. The highest BCUT2D eigenvalue weighted by Gasteiger charge is 2.20. The van der Waals surface area contributed by atoms with E-state index in [0.29, 0.717) is 36.3 Å². The first-order valence-electron chi connectivity index (χ1n) is 10.0. The molecule has 154 valence electrons. The van der Waals surface area contributed by atoms with Crippen LogP contribution in [0.15, 0.2) is 9.95 Å². The van der Waals surface area contributed by atoms with Crippen molar-refractivity contribution in [2.24, 2.45) is 0 Å². The van der Waals surface area contributed by atoms with E-state index in [0.717, 1.165) is 34.5 Å². The van der Waals surface area contributed by atoms with Crippen molar-refractivity contribution < 1.29 is 9.53 Å². The smallest absolute Gasteiger partial charge is 0.263 e. The number of thiophene rings is 1. The molecule has 0 unspecified atom stereocenters. The molecule has 28 heavy (non-hydrogen) atoms. The van der Waals surface area contributed by atoms with Crippen molar-refractivity contribution in [1.82, 2.24) is 14.9 Å². The summed E-state index contributed by atoms with van der Waals surface area (Å²) >= 11 is 2.90. The van der Waals surface area contributed by atoms with E-state index in [4.69, 9.17) is 9.72 Å². The van der Waals surface area contributed by atoms with Gasteiger partial charge in [-0.05, 0) is 45.6 Å². The van der Waals surface area contributed by atoms with Crippen LogP contribution in [0.25, 0.3) is 10.2 Å². The number of hydrogen-bond donors (Lipinski definition) is 1. The predicted molar refractivity (Wildman–Crippen MR) is 116 cm³/mol. The second-order valence-corrected chi connectivity index (χ2v) is 9.35. The number of aryl methyl sites for hydroxylation is 2. The van der Waals surface area contributed by atoms with Gasteiger partial charge in [0, 0.05) is 30.7 Å². The van der Waals surface area contributed by atoms with E-state index in [2.05, 4.69) is 5.32 Å². The summed E-state index contributed by atoms with van der Waals surface area (Å²) in [6.45, 7) is 7.77. The van der Waals surface area contributed by atoms with Gasteiger partial charge in [0.1, 0.15) is 4.83 Å². The summed E-state index contributed by atoms with van der Waals surface area (Å²) in [5.74, 6) is 0.300. The third-order valence-corrected chi connectivity index (χ3v) is 7.26. The quantitative estimate of drug-likeness (QED) is 0.379. The molecule has 0 atom stereocenters. The maximum atomic E-state index is 13.1. The topological polar surface area (TPSA) is 73.2 Å². The van der Waals surface area contributed by atoms with Crippen molar-refractivity contribution in [3.8, 4) is 0 Å². The van der Waals surface area contributed by atoms with E-state index >= 15 is 0 Å². The van der Waals surface area contributed by atoms with Crippen LogP contribution in [0.3, 0.4) is 0 Å². The van der Waals surface area contributed by atoms with E-state index in [9.17, 15) is 9.59 Å². The van der Waals surface area contributed by atoms with Gasteiger partial charge in [-0.3, -0.25) is 14.2 Å². The minimum Gasteiger partial charge on any atom is -0.382 e. The van der Waals surface area contributed by atoms with Crippen LogP contribution in [0.4, 0.5) is 0 Å². The number of ether oxygens (including phenoxy) is 1. The summed E-state index contributed by atoms with van der Waals surface area (Å²) < 4.78 is 7.13. The highest BCUT2D eigenvalue weighted by molar-refractivity contribution is 7.99. The Morgan fingerprint density at radius 3 is 2.82 bits per heavy atom. The number of thioether (sulfide) groups is 1. The summed E-state index contributed by atoms with van der Waals surface area (Å²) in [5, 5.41) is 4.43. The van der Waals surface area contributed by atoms with Gasteiger partial charge in [-0.25, -0.2) is 4.98 Å². The van der Waals surface area contributed by atoms with Gasteiger partial charge in [-0.2, -0.15) is 0 Å². The number of fused-ring (bicyclic) bond motifs is 1. The molecule has 0 spiro atoms. The maximum Gasteiger partial charge on any atom is 0.263 e. The van der Waals surface area contributed by atoms with Gasteiger partial charge in [-0.1, -0.05) is 24.6 Å². The zero-order valence-corrected chi connectivity index (χ0v) is 18.5. The molecule has 8 heteroatoms. The third kappa shape index (κ3) is 4.96. The van der Waals surface area contributed by atoms with Crippen LogP contribution in [-0.4, -0.2) is 40.5 Å². The second-order valence-electron chi connectivity index (χ2n) is 7.20. The summed E-state index contributed by atoms with van der Waals surface area (Å²) in [7, 11) is 0. The SMILES string of the molecule is CCOCCCn1c(SCC(=O)NC2CCCC2)nc2sc(C)c(C)c2c1=O. The molecule has 1 saturated carbocycles. The first kappa shape index (κ1) is 21.3. The highest BCUT2D eigenvalue weighted by atomic mass is 32.2. The van der Waals surface area contributed by atoms with Crippen LogP contribution in [0.2, 0.25) is 0 Å². The minimum absolute atomic E-state index is 0.0120. The number of nitrogens with zero attached hydrogens (tertiary/aromatic N) is 2. The lowest BCUT2D eigenvalue weighted by Crippen LogP contribution is -2.34. The minimum atomic E-state index is -0.0120. The molecule has 3 rings (SSSR count). The lowest BCUT2D eigenvalue weighted by molar-refractivity contribution is -0.119. The van der Waals surface area contributed by atoms with Crippen LogP contribution in [0, 0.1) is 13.8 Å². The van der Waals surface area contributed by atoms with Gasteiger partial charge in [-0.15, -0.1) is 11.3 Å². The third-order valence-electron chi connectivity index (χ3n) is 5.18. The number of rotatable bonds is 9. The summed E-state index contributed by atoms with van der Waals surface area (Å²) in [6.07, 6.45) is 5.25. The first-order valence-corrected chi connectivity index (χ1v) is 11.8. The van der Waals surface area contributed by atoms with E-state index in [1.807, 2.05) is 20.8 Å². The lowest BCUT2D eigenvalue weighted by Gasteiger charge is -2.14. The van der Waals surface area contributed by atoms with Gasteiger partial charge < -0.3 is 10.1 Å². The fourth-order valence-electron chi connectivity index (χ4n) is 3.55. The second kappa shape index (κ2) is 9.89. The fourth-order valence-corrected chi connectivity index (χ4v) is 5.46. The zero-order valence-electron chi connectivity index (χ0n) is 16.9. The van der Waals surface area contributed by atoms with Crippen molar-refractivity contribution in [2.75, 3.05) is 19.0 Å². The average Bonchev–Trinajstić information content (AvgIpc) is 3.27. The van der Waals surface area contributed by atoms with Crippen LogP contribution in [0.5, 0.6) is 0 Å². The highest BCUT2D eigenvalue weighted by Crippen LogP contribution is 2.28. The van der Waals surface area contributed by atoms with Crippen molar-refractivity contribution >= 4 is 39.2 Å². The van der Waals surface area contributed by atoms with Gasteiger partial charge in [0.05, 0.1) is 11.1 Å². The largest absolute Gasteiger partial charge is 0.382 e. The number of amides is 1. The molecule has 2 aromatic rings. The number of carbonyl (C=O) groups excluding carboxylic acids is 1. The number of nitrogens with one attached hydrogen (secondary N) is 1. The molecule has 0 saturated heterocycles. The van der Waals surface area contributed by atoms with Crippen LogP contribution in [-0.2, 0) is 16.1 Å². The molecule has 1 amide bonds. The van der Waals surface area contributed by atoms with Gasteiger partial charge in [0.15, 0.2) is 5.16 Å². The first-order chi connectivity index (χ1) is 13.5. The van der Waals surface area contributed by atoms with E-state index < -0.39 is 0 Å². The number of carbonyl (C=O) groups is 1. The Balaban J connectivity index is 1.79. The Bertz CT molecular complexity index is 885. The van der Waals surface area contributed by atoms with E-state index in [1.54, 1.807) is 15.9 Å². The van der Waals surface area contributed by atoms with Gasteiger partial charge >= 0.3 is 0 Å². The molecule has 1 N–H and O–H groups in total. The van der Waals surface area contributed by atoms with E-state index in [-0.39, 0.29) is 17.2 Å². The normalized spacial score (nSPS) is 14.8. The van der Waals surface area contributed by atoms with Gasteiger partial charge in [0.2, 0.25) is 5.91 Å². The Morgan fingerprint density at radius 1 is 1.36 bits per heavy atom. The molecular weight excluding hydrogens is 394 g/mol. The molecule has 0 aromatic carbocycles. The molecular formula is C20H29N3O3S2. The number of aromatic nitrogens is 2. The maximum absolute atomic E-state index is 13.1. The molecule has 2 heterocycles. The van der Waals surface area contributed by atoms with Crippen LogP contribution >= 0.6 is 23.1 Å².